The minimum absolute atomic E-state index is 0.0568. The molecule has 1 aliphatic carbocycles. The molecule has 1 fully saturated rings. The number of nitrogens with zero attached hydrogens (tertiary/aromatic N) is 1. The first kappa shape index (κ1) is 13.2. The maximum atomic E-state index is 13.0. The molecule has 2 aromatic rings. The lowest BCUT2D eigenvalue weighted by Crippen LogP contribution is -2.15. The van der Waals surface area contributed by atoms with Gasteiger partial charge in [0.2, 0.25) is 0 Å². The summed E-state index contributed by atoms with van der Waals surface area (Å²) in [5, 5.41) is 3.23. The summed E-state index contributed by atoms with van der Waals surface area (Å²) in [4.78, 5) is 3.80. The minimum atomic E-state index is -4.41. The molecule has 0 unspecified atom stereocenters. The van der Waals surface area contributed by atoms with Crippen LogP contribution in [0.4, 0.5) is 13.2 Å². The molecule has 0 radical (unpaired) electrons. The SMILES string of the molecule is FC(F)(F)c1ccncc1-c1ccoc1CNC1CC1. The zero-order valence-electron chi connectivity index (χ0n) is 10.6. The minimum Gasteiger partial charge on any atom is -0.467 e. The average molecular weight is 282 g/mol. The third-order valence-corrected chi connectivity index (χ3v) is 3.29. The Kier molecular flexibility index (Phi) is 3.25. The number of hydrogen-bond acceptors (Lipinski definition) is 3. The van der Waals surface area contributed by atoms with Crippen LogP contribution in [0.2, 0.25) is 0 Å². The Hall–Kier alpha value is -1.82. The van der Waals surface area contributed by atoms with Crippen LogP contribution in [-0.4, -0.2) is 11.0 Å². The quantitative estimate of drug-likeness (QED) is 0.931. The van der Waals surface area contributed by atoms with Crippen LogP contribution in [0.3, 0.4) is 0 Å². The number of rotatable bonds is 4. The first-order chi connectivity index (χ1) is 9.55. The third kappa shape index (κ3) is 2.70. The molecule has 0 saturated heterocycles. The van der Waals surface area contributed by atoms with E-state index in [4.69, 9.17) is 4.42 Å². The van der Waals surface area contributed by atoms with Crippen LogP contribution < -0.4 is 5.32 Å². The smallest absolute Gasteiger partial charge is 0.417 e. The van der Waals surface area contributed by atoms with E-state index in [0.29, 0.717) is 23.9 Å². The first-order valence-corrected chi connectivity index (χ1v) is 6.37. The van der Waals surface area contributed by atoms with Crippen molar-refractivity contribution in [3.63, 3.8) is 0 Å². The summed E-state index contributed by atoms with van der Waals surface area (Å²) in [6.45, 7) is 0.430. The van der Waals surface area contributed by atoms with Crippen molar-refractivity contribution in [2.45, 2.75) is 31.6 Å². The summed E-state index contributed by atoms with van der Waals surface area (Å²) in [6, 6.07) is 3.00. The van der Waals surface area contributed by atoms with Gasteiger partial charge in [0.15, 0.2) is 0 Å². The van der Waals surface area contributed by atoms with Crippen LogP contribution in [0.15, 0.2) is 35.2 Å². The van der Waals surface area contributed by atoms with Crippen molar-refractivity contribution in [2.75, 3.05) is 0 Å². The van der Waals surface area contributed by atoms with Crippen molar-refractivity contribution in [1.82, 2.24) is 10.3 Å². The predicted molar refractivity (Wildman–Crippen MR) is 66.8 cm³/mol. The molecule has 0 spiro atoms. The molecular formula is C14H13F3N2O. The molecule has 0 aliphatic heterocycles. The van der Waals surface area contributed by atoms with E-state index < -0.39 is 11.7 Å². The highest BCUT2D eigenvalue weighted by atomic mass is 19.4. The van der Waals surface area contributed by atoms with Crippen molar-refractivity contribution in [2.24, 2.45) is 0 Å². The molecule has 2 heterocycles. The molecule has 1 aliphatic rings. The summed E-state index contributed by atoms with van der Waals surface area (Å²) in [6.07, 6.45) is 1.60. The Morgan fingerprint density at radius 3 is 2.75 bits per heavy atom. The lowest BCUT2D eigenvalue weighted by atomic mass is 10.0. The number of aromatic nitrogens is 1. The maximum absolute atomic E-state index is 13.0. The Labute approximate surface area is 113 Å². The summed E-state index contributed by atoms with van der Waals surface area (Å²) in [5.74, 6) is 0.510. The van der Waals surface area contributed by atoms with Gasteiger partial charge < -0.3 is 9.73 Å². The summed E-state index contributed by atoms with van der Waals surface area (Å²) < 4.78 is 44.4. The molecule has 20 heavy (non-hydrogen) atoms. The standard InChI is InChI=1S/C14H13F3N2O/c15-14(16,17)12-3-5-18-7-11(12)10-4-6-20-13(10)8-19-9-1-2-9/h3-7,9,19H,1-2,8H2. The van der Waals surface area contributed by atoms with E-state index in [2.05, 4.69) is 10.3 Å². The molecule has 0 bridgehead atoms. The molecule has 1 saturated carbocycles. The predicted octanol–water partition coefficient (Wildman–Crippen LogP) is 3.61. The van der Waals surface area contributed by atoms with Gasteiger partial charge in [-0.1, -0.05) is 0 Å². The molecule has 0 aromatic carbocycles. The third-order valence-electron chi connectivity index (χ3n) is 3.29. The molecule has 6 heteroatoms. The fourth-order valence-electron chi connectivity index (χ4n) is 2.10. The van der Waals surface area contributed by atoms with Crippen LogP contribution in [0.1, 0.15) is 24.2 Å². The van der Waals surface area contributed by atoms with Gasteiger partial charge in [-0.3, -0.25) is 4.98 Å². The molecule has 1 N–H and O–H groups in total. The Bertz CT molecular complexity index is 602. The Morgan fingerprint density at radius 1 is 1.25 bits per heavy atom. The van der Waals surface area contributed by atoms with E-state index in [-0.39, 0.29) is 5.56 Å². The van der Waals surface area contributed by atoms with Gasteiger partial charge in [-0.05, 0) is 25.0 Å². The second kappa shape index (κ2) is 4.94. The van der Waals surface area contributed by atoms with Crippen LogP contribution in [0.5, 0.6) is 0 Å². The molecule has 0 atom stereocenters. The highest BCUT2D eigenvalue weighted by Gasteiger charge is 2.34. The Balaban J connectivity index is 1.94. The number of halogens is 3. The first-order valence-electron chi connectivity index (χ1n) is 6.37. The van der Waals surface area contributed by atoms with Crippen molar-refractivity contribution in [3.8, 4) is 11.1 Å². The van der Waals surface area contributed by atoms with E-state index >= 15 is 0 Å². The van der Waals surface area contributed by atoms with Crippen molar-refractivity contribution in [3.05, 3.63) is 42.1 Å². The average Bonchev–Trinajstić information content (AvgIpc) is 3.12. The fraction of sp³-hybridized carbons (Fsp3) is 0.357. The van der Waals surface area contributed by atoms with Gasteiger partial charge in [-0.15, -0.1) is 0 Å². The van der Waals surface area contributed by atoms with E-state index in [1.165, 1.54) is 12.5 Å². The van der Waals surface area contributed by atoms with Gasteiger partial charge in [-0.2, -0.15) is 13.2 Å². The lowest BCUT2D eigenvalue weighted by Gasteiger charge is -2.12. The van der Waals surface area contributed by atoms with Crippen molar-refractivity contribution < 1.29 is 17.6 Å². The van der Waals surface area contributed by atoms with E-state index in [9.17, 15) is 13.2 Å². The summed E-state index contributed by atoms with van der Waals surface area (Å²) in [5.41, 5.74) is -0.193. The molecular weight excluding hydrogens is 269 g/mol. The van der Waals surface area contributed by atoms with Crippen molar-refractivity contribution in [1.29, 1.82) is 0 Å². The number of nitrogens with one attached hydrogen (secondary N) is 1. The van der Waals surface area contributed by atoms with Gasteiger partial charge in [0, 0.05) is 29.6 Å². The van der Waals surface area contributed by atoms with Gasteiger partial charge >= 0.3 is 6.18 Å². The summed E-state index contributed by atoms with van der Waals surface area (Å²) >= 11 is 0. The zero-order chi connectivity index (χ0) is 14.2. The zero-order valence-corrected chi connectivity index (χ0v) is 10.6. The van der Waals surface area contributed by atoms with Gasteiger partial charge in [0.1, 0.15) is 5.76 Å². The van der Waals surface area contributed by atoms with E-state index in [0.717, 1.165) is 25.1 Å². The van der Waals surface area contributed by atoms with Crippen molar-refractivity contribution >= 4 is 0 Å². The largest absolute Gasteiger partial charge is 0.467 e. The molecule has 2 aromatic heterocycles. The molecule has 3 rings (SSSR count). The number of hydrogen-bond donors (Lipinski definition) is 1. The second-order valence-electron chi connectivity index (χ2n) is 4.83. The van der Waals surface area contributed by atoms with Crippen LogP contribution in [-0.2, 0) is 12.7 Å². The second-order valence-corrected chi connectivity index (χ2v) is 4.83. The monoisotopic (exact) mass is 282 g/mol. The summed E-state index contributed by atoms with van der Waals surface area (Å²) in [7, 11) is 0. The molecule has 106 valence electrons. The normalized spacial score (nSPS) is 15.6. The highest BCUT2D eigenvalue weighted by Crippen LogP contribution is 2.38. The van der Waals surface area contributed by atoms with E-state index in [1.807, 2.05) is 0 Å². The number of alkyl halides is 3. The van der Waals surface area contributed by atoms with Crippen LogP contribution in [0.25, 0.3) is 11.1 Å². The highest BCUT2D eigenvalue weighted by molar-refractivity contribution is 5.68. The van der Waals surface area contributed by atoms with E-state index in [1.54, 1.807) is 6.07 Å². The topological polar surface area (TPSA) is 38.1 Å². The lowest BCUT2D eigenvalue weighted by molar-refractivity contribution is -0.137. The Morgan fingerprint density at radius 2 is 2.05 bits per heavy atom. The molecule has 0 amide bonds. The fourth-order valence-corrected chi connectivity index (χ4v) is 2.10. The van der Waals surface area contributed by atoms with Gasteiger partial charge in [0.05, 0.1) is 18.4 Å². The molecule has 3 nitrogen and oxygen atoms in total. The maximum Gasteiger partial charge on any atom is 0.417 e. The van der Waals surface area contributed by atoms with Gasteiger partial charge in [0.25, 0.3) is 0 Å². The number of pyridine rings is 1. The van der Waals surface area contributed by atoms with Crippen LogP contribution >= 0.6 is 0 Å². The van der Waals surface area contributed by atoms with Crippen LogP contribution in [0, 0.1) is 0 Å². The number of furan rings is 1. The van der Waals surface area contributed by atoms with Gasteiger partial charge in [-0.25, -0.2) is 0 Å².